The number of benzene rings is 9. The minimum absolute atomic E-state index is 0.0108. The largest absolute Gasteiger partial charge is 0.334 e. The van der Waals surface area contributed by atoms with Gasteiger partial charge >= 0.3 is 0 Å². The number of hydrogen-bond donors (Lipinski definition) is 0. The zero-order valence-corrected chi connectivity index (χ0v) is 46.0. The van der Waals surface area contributed by atoms with Gasteiger partial charge in [0.05, 0.1) is 21.6 Å². The van der Waals surface area contributed by atoms with Crippen LogP contribution in [0.1, 0.15) is 97.8 Å². The maximum Gasteiger partial charge on any atom is 0.252 e. The summed E-state index contributed by atoms with van der Waals surface area (Å²) in [6.45, 7) is 19.0. The molecule has 1 fully saturated rings. The second-order valence-corrected chi connectivity index (χ2v) is 25.5. The number of hydrogen-bond acceptors (Lipinski definition) is 5. The third-order valence-electron chi connectivity index (χ3n) is 18.1. The molecule has 1 aliphatic carbocycles. The molecule has 6 heteroatoms. The van der Waals surface area contributed by atoms with Gasteiger partial charge in [0.1, 0.15) is 0 Å². The van der Waals surface area contributed by atoms with Gasteiger partial charge in [-0.25, -0.2) is 0 Å². The number of rotatable bonds is 6. The average Bonchev–Trinajstić information content (AvgIpc) is 4.06. The second kappa shape index (κ2) is 17.0. The van der Waals surface area contributed by atoms with Crippen molar-refractivity contribution >= 4 is 117 Å². The predicted octanol–water partition coefficient (Wildman–Crippen LogP) is 17.9. The molecule has 10 aromatic rings. The highest BCUT2D eigenvalue weighted by Gasteiger charge is 2.58. The van der Waals surface area contributed by atoms with Crippen molar-refractivity contribution in [3.05, 3.63) is 217 Å². The summed E-state index contributed by atoms with van der Waals surface area (Å²) in [5.74, 6) is 0. The van der Waals surface area contributed by atoms with Crippen molar-refractivity contribution in [3.8, 4) is 0 Å². The first-order chi connectivity index (χ1) is 36.7. The standard InChI is InChI=1S/C70H65BN4S/c1-67(2,3)46-32-35-50(36-33-46)73-59-39-34-47(68(4,5)6)42-57(59)71-56-38-37-51(75-58-29-17-16-28-55(58)69(7)40-19-20-41-70(69,75)8)43-61(56)74(60-30-21-27-54-53-26-15-18-31-64(53)76-66(54)60)63-45-52(44-62(73)65(63)71)72(48-22-11-9-12-23-48)49-24-13-10-14-25-49/h9-18,21-39,42-45H,19-20,40-41H2,1-8H3. The molecular formula is C70H65BN4S. The van der Waals surface area contributed by atoms with Crippen molar-refractivity contribution in [3.63, 3.8) is 0 Å². The molecule has 2 atom stereocenters. The van der Waals surface area contributed by atoms with Gasteiger partial charge in [-0.3, -0.25) is 0 Å². The Morgan fingerprint density at radius 3 is 1.79 bits per heavy atom. The third-order valence-corrected chi connectivity index (χ3v) is 19.3. The molecule has 9 aromatic carbocycles. The van der Waals surface area contributed by atoms with Crippen LogP contribution in [0.5, 0.6) is 0 Å². The summed E-state index contributed by atoms with van der Waals surface area (Å²) in [4.78, 5) is 10.5. The fourth-order valence-electron chi connectivity index (χ4n) is 14.0. The van der Waals surface area contributed by atoms with Crippen molar-refractivity contribution < 1.29 is 0 Å². The van der Waals surface area contributed by atoms with Crippen molar-refractivity contribution in [2.24, 2.45) is 0 Å². The first kappa shape index (κ1) is 47.0. The van der Waals surface area contributed by atoms with Crippen LogP contribution in [0.3, 0.4) is 0 Å². The molecule has 374 valence electrons. The van der Waals surface area contributed by atoms with Crippen molar-refractivity contribution in [1.29, 1.82) is 0 Å². The molecular weight excluding hydrogens is 940 g/mol. The second-order valence-electron chi connectivity index (χ2n) is 24.5. The number of thiophene rings is 1. The van der Waals surface area contributed by atoms with Gasteiger partial charge in [0.15, 0.2) is 0 Å². The van der Waals surface area contributed by atoms with Crippen LogP contribution < -0.4 is 36.0 Å². The Balaban J connectivity index is 1.12. The Bertz CT molecular complexity index is 3890. The van der Waals surface area contributed by atoms with E-state index in [1.807, 2.05) is 11.3 Å². The van der Waals surface area contributed by atoms with Crippen molar-refractivity contribution in [2.75, 3.05) is 19.6 Å². The first-order valence-corrected chi connectivity index (χ1v) is 28.4. The monoisotopic (exact) mass is 1000 g/mol. The van der Waals surface area contributed by atoms with Crippen molar-refractivity contribution in [2.45, 2.75) is 103 Å². The molecule has 76 heavy (non-hydrogen) atoms. The smallest absolute Gasteiger partial charge is 0.252 e. The first-order valence-electron chi connectivity index (χ1n) is 27.6. The highest BCUT2D eigenvalue weighted by atomic mass is 32.1. The van der Waals surface area contributed by atoms with Crippen LogP contribution in [0.4, 0.5) is 62.6 Å². The van der Waals surface area contributed by atoms with E-state index in [-0.39, 0.29) is 28.5 Å². The lowest BCUT2D eigenvalue weighted by Crippen LogP contribution is -2.61. The van der Waals surface area contributed by atoms with Gasteiger partial charge in [0.25, 0.3) is 6.71 Å². The van der Waals surface area contributed by atoms with Crippen molar-refractivity contribution in [1.82, 2.24) is 0 Å². The van der Waals surface area contributed by atoms with Crippen LogP contribution >= 0.6 is 11.3 Å². The summed E-state index contributed by atoms with van der Waals surface area (Å²) >= 11 is 1.92. The Hall–Kier alpha value is -7.54. The van der Waals surface area contributed by atoms with Gasteiger partial charge in [0, 0.05) is 72.1 Å². The van der Waals surface area contributed by atoms with E-state index in [2.05, 4.69) is 275 Å². The van der Waals surface area contributed by atoms with Gasteiger partial charge in [-0.15, -0.1) is 11.3 Å². The van der Waals surface area contributed by atoms with Crippen LogP contribution in [-0.2, 0) is 16.2 Å². The van der Waals surface area contributed by atoms with E-state index < -0.39 is 0 Å². The van der Waals surface area contributed by atoms with E-state index in [4.69, 9.17) is 0 Å². The molecule has 0 radical (unpaired) electrons. The van der Waals surface area contributed by atoms with Gasteiger partial charge < -0.3 is 19.6 Å². The molecule has 0 amide bonds. The molecule has 0 spiro atoms. The highest BCUT2D eigenvalue weighted by Crippen LogP contribution is 2.61. The molecule has 2 unspecified atom stereocenters. The number of nitrogens with zero attached hydrogens (tertiary/aromatic N) is 4. The average molecular weight is 1010 g/mol. The molecule has 4 heterocycles. The van der Waals surface area contributed by atoms with Crippen LogP contribution in [0.15, 0.2) is 200 Å². The molecule has 0 saturated heterocycles. The molecule has 3 aliphatic heterocycles. The lowest BCUT2D eigenvalue weighted by Gasteiger charge is -2.50. The molecule has 0 bridgehead atoms. The molecule has 1 aromatic heterocycles. The van der Waals surface area contributed by atoms with Gasteiger partial charge in [-0.2, -0.15) is 0 Å². The lowest BCUT2D eigenvalue weighted by atomic mass is 9.33. The number of anilines is 11. The zero-order valence-electron chi connectivity index (χ0n) is 45.2. The Kier molecular flexibility index (Phi) is 10.5. The normalized spacial score (nSPS) is 18.6. The van der Waals surface area contributed by atoms with Crippen LogP contribution in [0.25, 0.3) is 20.2 Å². The molecule has 0 N–H and O–H groups in total. The SMILES string of the molecule is CC(C)(C)c1ccc(N2c3ccc(C(C)(C)C)cc3B3c4ccc(N5c6ccccc6C6(C)CCCCC56C)cc4N(c4cccc5c4sc4ccccc45)c4cc(N(c5ccccc5)c5ccccc5)cc2c43)cc1. The van der Waals surface area contributed by atoms with E-state index in [1.165, 1.54) is 112 Å². The maximum atomic E-state index is 2.76. The summed E-state index contributed by atoms with van der Waals surface area (Å²) in [7, 11) is 0. The van der Waals surface area contributed by atoms with Gasteiger partial charge in [0.2, 0.25) is 0 Å². The summed E-state index contributed by atoms with van der Waals surface area (Å²) in [6.07, 6.45) is 4.81. The summed E-state index contributed by atoms with van der Waals surface area (Å²) in [6, 6.07) is 76.6. The highest BCUT2D eigenvalue weighted by molar-refractivity contribution is 7.26. The Labute approximate surface area is 454 Å². The van der Waals surface area contributed by atoms with E-state index in [1.54, 1.807) is 0 Å². The minimum Gasteiger partial charge on any atom is -0.334 e. The van der Waals surface area contributed by atoms with E-state index in [0.717, 1.165) is 29.2 Å². The Morgan fingerprint density at radius 1 is 0.461 bits per heavy atom. The predicted molar refractivity (Wildman–Crippen MR) is 328 cm³/mol. The fraction of sp³-hybridized carbons (Fsp3) is 0.229. The number of para-hydroxylation sites is 3. The van der Waals surface area contributed by atoms with Crippen LogP contribution in [0.2, 0.25) is 0 Å². The number of fused-ring (bicyclic) bond motifs is 10. The molecule has 4 aliphatic rings. The van der Waals surface area contributed by atoms with Crippen LogP contribution in [0, 0.1) is 0 Å². The zero-order chi connectivity index (χ0) is 51.9. The van der Waals surface area contributed by atoms with Crippen LogP contribution in [-0.4, -0.2) is 12.3 Å². The van der Waals surface area contributed by atoms with Gasteiger partial charge in [-0.1, -0.05) is 177 Å². The van der Waals surface area contributed by atoms with E-state index >= 15 is 0 Å². The summed E-state index contributed by atoms with van der Waals surface area (Å²) in [5, 5.41) is 2.59. The van der Waals surface area contributed by atoms with E-state index in [0.29, 0.717) is 0 Å². The fourth-order valence-corrected chi connectivity index (χ4v) is 15.2. The molecule has 1 saturated carbocycles. The third kappa shape index (κ3) is 6.95. The summed E-state index contributed by atoms with van der Waals surface area (Å²) < 4.78 is 2.59. The topological polar surface area (TPSA) is 13.0 Å². The molecule has 4 nitrogen and oxygen atoms in total. The lowest BCUT2D eigenvalue weighted by molar-refractivity contribution is 0.195. The summed E-state index contributed by atoms with van der Waals surface area (Å²) in [5.41, 5.74) is 21.1. The molecule has 14 rings (SSSR count). The Morgan fingerprint density at radius 2 is 1.07 bits per heavy atom. The maximum absolute atomic E-state index is 2.76. The van der Waals surface area contributed by atoms with E-state index in [9.17, 15) is 0 Å². The quantitative estimate of drug-likeness (QED) is 0.154. The van der Waals surface area contributed by atoms with Gasteiger partial charge in [-0.05, 0) is 149 Å². The minimum atomic E-state index is -0.0969.